The van der Waals surface area contributed by atoms with Gasteiger partial charge in [-0.2, -0.15) is 0 Å². The first kappa shape index (κ1) is 16.8. The third kappa shape index (κ3) is 2.99. The Hall–Kier alpha value is -2.66. The fourth-order valence-corrected chi connectivity index (χ4v) is 4.81. The molecule has 0 bridgehead atoms. The number of hydrogen-bond acceptors (Lipinski definition) is 3. The maximum Gasteiger partial charge on any atom is 0.256 e. The Kier molecular flexibility index (Phi) is 4.47. The zero-order chi connectivity index (χ0) is 18.1. The van der Waals surface area contributed by atoms with Gasteiger partial charge in [-0.25, -0.2) is 0 Å². The average Bonchev–Trinajstić information content (AvgIpc) is 3.04. The molecule has 4 rings (SSSR count). The topological polar surface area (TPSA) is 58.2 Å². The van der Waals surface area contributed by atoms with Gasteiger partial charge in [0.15, 0.2) is 0 Å². The Morgan fingerprint density at radius 2 is 1.73 bits per heavy atom. The SMILES string of the molecule is CNC(=O)c1c(NC(=O)c2ccc3ccccc3c2)sc2c1CCCC2. The monoisotopic (exact) mass is 364 g/mol. The number of amides is 2. The van der Waals surface area contributed by atoms with Crippen LogP contribution in [-0.2, 0) is 12.8 Å². The summed E-state index contributed by atoms with van der Waals surface area (Å²) in [7, 11) is 1.63. The summed E-state index contributed by atoms with van der Waals surface area (Å²) in [5, 5.41) is 8.48. The van der Waals surface area contributed by atoms with Crippen molar-refractivity contribution in [2.75, 3.05) is 12.4 Å². The molecule has 0 radical (unpaired) electrons. The lowest BCUT2D eigenvalue weighted by atomic mass is 9.95. The first-order valence-electron chi connectivity index (χ1n) is 8.84. The summed E-state index contributed by atoms with van der Waals surface area (Å²) in [4.78, 5) is 26.4. The summed E-state index contributed by atoms with van der Waals surface area (Å²) in [6.45, 7) is 0. The van der Waals surface area contributed by atoms with Crippen LogP contribution in [0.3, 0.4) is 0 Å². The summed E-state index contributed by atoms with van der Waals surface area (Å²) < 4.78 is 0. The Morgan fingerprint density at radius 1 is 0.962 bits per heavy atom. The van der Waals surface area contributed by atoms with E-state index >= 15 is 0 Å². The number of thiophene rings is 1. The van der Waals surface area contributed by atoms with Crippen LogP contribution < -0.4 is 10.6 Å². The van der Waals surface area contributed by atoms with Gasteiger partial charge in [0.1, 0.15) is 5.00 Å². The Bertz CT molecular complexity index is 1010. The number of anilines is 1. The molecule has 0 fully saturated rings. The molecule has 3 aromatic rings. The van der Waals surface area contributed by atoms with Crippen molar-refractivity contribution in [1.82, 2.24) is 5.32 Å². The molecule has 0 aliphatic heterocycles. The first-order valence-corrected chi connectivity index (χ1v) is 9.66. The van der Waals surface area contributed by atoms with Gasteiger partial charge in [-0.15, -0.1) is 11.3 Å². The van der Waals surface area contributed by atoms with Crippen molar-refractivity contribution in [2.45, 2.75) is 25.7 Å². The van der Waals surface area contributed by atoms with Gasteiger partial charge in [-0.3, -0.25) is 9.59 Å². The molecule has 0 unspecified atom stereocenters. The number of fused-ring (bicyclic) bond motifs is 2. The molecule has 132 valence electrons. The molecule has 1 heterocycles. The van der Waals surface area contributed by atoms with Crippen molar-refractivity contribution in [3.8, 4) is 0 Å². The third-order valence-electron chi connectivity index (χ3n) is 4.86. The Morgan fingerprint density at radius 3 is 2.54 bits per heavy atom. The highest BCUT2D eigenvalue weighted by molar-refractivity contribution is 7.17. The fraction of sp³-hybridized carbons (Fsp3) is 0.238. The second-order valence-corrected chi connectivity index (χ2v) is 7.62. The van der Waals surface area contributed by atoms with Crippen molar-refractivity contribution in [1.29, 1.82) is 0 Å². The first-order chi connectivity index (χ1) is 12.7. The molecule has 0 saturated heterocycles. The van der Waals surface area contributed by atoms with Crippen molar-refractivity contribution < 1.29 is 9.59 Å². The van der Waals surface area contributed by atoms with Gasteiger partial charge in [0, 0.05) is 17.5 Å². The minimum atomic E-state index is -0.181. The zero-order valence-corrected chi connectivity index (χ0v) is 15.4. The molecule has 2 amide bonds. The van der Waals surface area contributed by atoms with E-state index in [2.05, 4.69) is 10.6 Å². The largest absolute Gasteiger partial charge is 0.355 e. The molecule has 4 nitrogen and oxygen atoms in total. The summed E-state index contributed by atoms with van der Waals surface area (Å²) in [6.07, 6.45) is 4.11. The van der Waals surface area contributed by atoms with Crippen LogP contribution in [0, 0.1) is 0 Å². The van der Waals surface area contributed by atoms with Crippen molar-refractivity contribution in [3.63, 3.8) is 0 Å². The molecule has 1 aliphatic carbocycles. The van der Waals surface area contributed by atoms with Crippen molar-refractivity contribution in [2.24, 2.45) is 0 Å². The van der Waals surface area contributed by atoms with Crippen LogP contribution in [0.1, 0.15) is 44.0 Å². The highest BCUT2D eigenvalue weighted by Gasteiger charge is 2.26. The maximum absolute atomic E-state index is 12.8. The number of hydrogen-bond donors (Lipinski definition) is 2. The lowest BCUT2D eigenvalue weighted by Crippen LogP contribution is -2.22. The summed E-state index contributed by atoms with van der Waals surface area (Å²) in [5.74, 6) is -0.308. The van der Waals surface area contributed by atoms with E-state index in [0.29, 0.717) is 16.1 Å². The van der Waals surface area contributed by atoms with Crippen LogP contribution in [0.4, 0.5) is 5.00 Å². The van der Waals surface area contributed by atoms with E-state index in [9.17, 15) is 9.59 Å². The predicted molar refractivity (Wildman–Crippen MR) is 106 cm³/mol. The van der Waals surface area contributed by atoms with E-state index < -0.39 is 0 Å². The van der Waals surface area contributed by atoms with Crippen molar-refractivity contribution >= 4 is 38.9 Å². The normalized spacial score (nSPS) is 13.3. The molecule has 5 heteroatoms. The second kappa shape index (κ2) is 6.92. The van der Waals surface area contributed by atoms with E-state index in [0.717, 1.165) is 42.0 Å². The molecule has 0 saturated carbocycles. The average molecular weight is 364 g/mol. The molecule has 0 spiro atoms. The quantitative estimate of drug-likeness (QED) is 0.724. The molecule has 1 aromatic heterocycles. The van der Waals surface area contributed by atoms with Crippen LogP contribution >= 0.6 is 11.3 Å². The highest BCUT2D eigenvalue weighted by Crippen LogP contribution is 2.38. The van der Waals surface area contributed by atoms with Crippen LogP contribution in [-0.4, -0.2) is 18.9 Å². The predicted octanol–water partition coefficient (Wildman–Crippen LogP) is 4.39. The highest BCUT2D eigenvalue weighted by atomic mass is 32.1. The smallest absolute Gasteiger partial charge is 0.256 e. The number of carbonyl (C=O) groups is 2. The number of rotatable bonds is 3. The van der Waals surface area contributed by atoms with E-state index in [-0.39, 0.29) is 11.8 Å². The van der Waals surface area contributed by atoms with Gasteiger partial charge in [0.25, 0.3) is 11.8 Å². The van der Waals surface area contributed by atoms with E-state index in [1.54, 1.807) is 7.05 Å². The standard InChI is InChI=1S/C21H20N2O2S/c1-22-20(25)18-16-8-4-5-9-17(16)26-21(18)23-19(24)15-11-10-13-6-2-3-7-14(13)12-15/h2-3,6-7,10-12H,4-5,8-9H2,1H3,(H,22,25)(H,23,24). The molecule has 0 atom stereocenters. The minimum absolute atomic E-state index is 0.127. The molecule has 1 aliphatic rings. The zero-order valence-electron chi connectivity index (χ0n) is 14.6. The van der Waals surface area contributed by atoms with E-state index in [1.807, 2.05) is 42.5 Å². The van der Waals surface area contributed by atoms with Crippen LogP contribution in [0.15, 0.2) is 42.5 Å². The van der Waals surface area contributed by atoms with Gasteiger partial charge < -0.3 is 10.6 Å². The van der Waals surface area contributed by atoms with Gasteiger partial charge >= 0.3 is 0 Å². The summed E-state index contributed by atoms with van der Waals surface area (Å²) >= 11 is 1.54. The van der Waals surface area contributed by atoms with Gasteiger partial charge in [0.05, 0.1) is 5.56 Å². The molecular weight excluding hydrogens is 344 g/mol. The number of aryl methyl sites for hydroxylation is 1. The Labute approximate surface area is 156 Å². The molecule has 2 aromatic carbocycles. The Balaban J connectivity index is 1.68. The number of nitrogens with one attached hydrogen (secondary N) is 2. The lowest BCUT2D eigenvalue weighted by molar-refractivity contribution is 0.0963. The molecular formula is C21H20N2O2S. The van der Waals surface area contributed by atoms with E-state index in [4.69, 9.17) is 0 Å². The van der Waals surface area contributed by atoms with E-state index in [1.165, 1.54) is 16.2 Å². The van der Waals surface area contributed by atoms with Gasteiger partial charge in [-0.1, -0.05) is 30.3 Å². The summed E-state index contributed by atoms with van der Waals surface area (Å²) in [5.41, 5.74) is 2.34. The van der Waals surface area contributed by atoms with Crippen LogP contribution in [0.5, 0.6) is 0 Å². The van der Waals surface area contributed by atoms with Crippen molar-refractivity contribution in [3.05, 3.63) is 64.0 Å². The third-order valence-corrected chi connectivity index (χ3v) is 6.07. The van der Waals surface area contributed by atoms with Gasteiger partial charge in [0.2, 0.25) is 0 Å². The molecule has 26 heavy (non-hydrogen) atoms. The van der Waals surface area contributed by atoms with Gasteiger partial charge in [-0.05, 0) is 54.2 Å². The van der Waals surface area contributed by atoms with Crippen LogP contribution in [0.2, 0.25) is 0 Å². The minimum Gasteiger partial charge on any atom is -0.355 e. The number of benzene rings is 2. The second-order valence-electron chi connectivity index (χ2n) is 6.51. The lowest BCUT2D eigenvalue weighted by Gasteiger charge is -2.12. The maximum atomic E-state index is 12.8. The number of carbonyl (C=O) groups excluding carboxylic acids is 2. The fourth-order valence-electron chi connectivity index (χ4n) is 3.52. The summed E-state index contributed by atoms with van der Waals surface area (Å²) in [6, 6.07) is 13.6. The van der Waals surface area contributed by atoms with Crippen LogP contribution in [0.25, 0.3) is 10.8 Å². The molecule has 2 N–H and O–H groups in total.